The summed E-state index contributed by atoms with van der Waals surface area (Å²) in [5.74, 6) is -0.104. The minimum absolute atomic E-state index is 0.0698. The number of aliphatic hydroxyl groups excluding tert-OH is 1. The molecule has 0 aliphatic carbocycles. The molecule has 6 heteroatoms. The second-order valence-electron chi connectivity index (χ2n) is 6.87. The summed E-state index contributed by atoms with van der Waals surface area (Å²) in [5, 5.41) is 13.5. The van der Waals surface area contributed by atoms with E-state index in [9.17, 15) is 14.3 Å². The number of fused-ring (bicyclic) bond motifs is 1. The van der Waals surface area contributed by atoms with Crippen LogP contribution in [0.25, 0.3) is 22.2 Å². The van der Waals surface area contributed by atoms with E-state index in [1.165, 1.54) is 18.4 Å². The largest absolute Gasteiger partial charge is 0.467 e. The van der Waals surface area contributed by atoms with Gasteiger partial charge in [-0.15, -0.1) is 0 Å². The van der Waals surface area contributed by atoms with Gasteiger partial charge in [0.15, 0.2) is 0 Å². The van der Waals surface area contributed by atoms with Crippen LogP contribution in [0, 0.1) is 5.82 Å². The molecule has 2 aromatic heterocycles. The molecule has 3 N–H and O–H groups in total. The molecule has 0 aliphatic rings. The number of halogens is 1. The summed E-state index contributed by atoms with van der Waals surface area (Å²) < 4.78 is 19.0. The summed E-state index contributed by atoms with van der Waals surface area (Å²) >= 11 is 0. The predicted octanol–water partition coefficient (Wildman–Crippen LogP) is 4.35. The van der Waals surface area contributed by atoms with Gasteiger partial charge in [-0.1, -0.05) is 30.3 Å². The number of furan rings is 1. The van der Waals surface area contributed by atoms with Gasteiger partial charge in [-0.3, -0.25) is 4.79 Å². The lowest BCUT2D eigenvalue weighted by Crippen LogP contribution is -2.28. The van der Waals surface area contributed by atoms with Crippen LogP contribution in [-0.4, -0.2) is 22.5 Å². The van der Waals surface area contributed by atoms with Gasteiger partial charge in [0.1, 0.15) is 17.7 Å². The van der Waals surface area contributed by atoms with Gasteiger partial charge in [0.05, 0.1) is 12.8 Å². The van der Waals surface area contributed by atoms with E-state index in [0.29, 0.717) is 12.2 Å². The number of amides is 1. The molecule has 1 unspecified atom stereocenters. The van der Waals surface area contributed by atoms with Gasteiger partial charge in [0.25, 0.3) is 0 Å². The number of H-pyrrole nitrogens is 1. The molecule has 1 atom stereocenters. The number of aromatic nitrogens is 1. The van der Waals surface area contributed by atoms with Crippen LogP contribution in [0.1, 0.15) is 23.8 Å². The van der Waals surface area contributed by atoms with Gasteiger partial charge in [0.2, 0.25) is 5.91 Å². The molecular formula is C23H21FN2O3. The van der Waals surface area contributed by atoms with Gasteiger partial charge >= 0.3 is 0 Å². The Morgan fingerprint density at radius 2 is 1.97 bits per heavy atom. The number of nitrogens with one attached hydrogen (secondary N) is 2. The maximum atomic E-state index is 13.8. The van der Waals surface area contributed by atoms with E-state index in [0.717, 1.165) is 27.7 Å². The molecule has 148 valence electrons. The van der Waals surface area contributed by atoms with Gasteiger partial charge in [-0.05, 0) is 47.9 Å². The second-order valence-corrected chi connectivity index (χ2v) is 6.87. The molecule has 0 spiro atoms. The van der Waals surface area contributed by atoms with E-state index < -0.39 is 6.10 Å². The second kappa shape index (κ2) is 8.32. The van der Waals surface area contributed by atoms with Crippen LogP contribution in [0.5, 0.6) is 0 Å². The number of hydrogen-bond acceptors (Lipinski definition) is 3. The maximum Gasteiger partial charge on any atom is 0.220 e. The fourth-order valence-electron chi connectivity index (χ4n) is 3.45. The van der Waals surface area contributed by atoms with Gasteiger partial charge in [-0.25, -0.2) is 4.39 Å². The van der Waals surface area contributed by atoms with Gasteiger partial charge in [0, 0.05) is 23.0 Å². The summed E-state index contributed by atoms with van der Waals surface area (Å²) in [4.78, 5) is 15.7. The molecule has 29 heavy (non-hydrogen) atoms. The van der Waals surface area contributed by atoms with Crippen LogP contribution in [0.4, 0.5) is 4.39 Å². The highest BCUT2D eigenvalue weighted by molar-refractivity contribution is 5.91. The van der Waals surface area contributed by atoms with Crippen molar-refractivity contribution < 1.29 is 18.7 Å². The molecule has 1 amide bonds. The van der Waals surface area contributed by atoms with Crippen molar-refractivity contribution in [3.05, 3.63) is 84.1 Å². The number of benzene rings is 2. The Bertz CT molecular complexity index is 1100. The van der Waals surface area contributed by atoms with Crippen molar-refractivity contribution in [2.45, 2.75) is 18.9 Å². The van der Waals surface area contributed by atoms with Crippen LogP contribution in [0.2, 0.25) is 0 Å². The van der Waals surface area contributed by atoms with Crippen molar-refractivity contribution in [2.75, 3.05) is 6.54 Å². The molecule has 4 aromatic rings. The molecule has 0 bridgehead atoms. The zero-order chi connectivity index (χ0) is 20.2. The SMILES string of the molecule is O=C(CCc1c(-c2ccccc2)[nH]c2ccc(F)cc12)NCC(O)c1ccco1. The van der Waals surface area contributed by atoms with E-state index in [1.54, 1.807) is 18.2 Å². The monoisotopic (exact) mass is 392 g/mol. The lowest BCUT2D eigenvalue weighted by molar-refractivity contribution is -0.121. The summed E-state index contributed by atoms with van der Waals surface area (Å²) in [6, 6.07) is 17.7. The minimum Gasteiger partial charge on any atom is -0.467 e. The molecule has 4 rings (SSSR count). The van der Waals surface area contributed by atoms with Crippen LogP contribution in [-0.2, 0) is 11.2 Å². The number of aliphatic hydroxyl groups is 1. The number of carbonyl (C=O) groups excluding carboxylic acids is 1. The van der Waals surface area contributed by atoms with Crippen molar-refractivity contribution >= 4 is 16.8 Å². The van der Waals surface area contributed by atoms with Crippen molar-refractivity contribution in [3.8, 4) is 11.3 Å². The number of rotatable bonds is 7. The summed E-state index contributed by atoms with van der Waals surface area (Å²) in [7, 11) is 0. The molecule has 0 saturated carbocycles. The van der Waals surface area contributed by atoms with Crippen LogP contribution in [0.3, 0.4) is 0 Å². The van der Waals surface area contributed by atoms with E-state index >= 15 is 0 Å². The third-order valence-corrected chi connectivity index (χ3v) is 4.90. The first kappa shape index (κ1) is 19.0. The molecular weight excluding hydrogens is 371 g/mol. The molecule has 0 radical (unpaired) electrons. The zero-order valence-electron chi connectivity index (χ0n) is 15.7. The van der Waals surface area contributed by atoms with Gasteiger partial charge in [-0.2, -0.15) is 0 Å². The predicted molar refractivity (Wildman–Crippen MR) is 109 cm³/mol. The normalized spacial score (nSPS) is 12.2. The Kier molecular flexibility index (Phi) is 5.44. The molecule has 0 fully saturated rings. The summed E-state index contributed by atoms with van der Waals surface area (Å²) in [6.07, 6.45) is 1.24. The fraction of sp³-hybridized carbons (Fsp3) is 0.174. The Balaban J connectivity index is 1.51. The molecule has 5 nitrogen and oxygen atoms in total. The Morgan fingerprint density at radius 3 is 2.72 bits per heavy atom. The van der Waals surface area contributed by atoms with Crippen molar-refractivity contribution in [2.24, 2.45) is 0 Å². The lowest BCUT2D eigenvalue weighted by atomic mass is 10.0. The van der Waals surface area contributed by atoms with Crippen LogP contribution in [0.15, 0.2) is 71.3 Å². The van der Waals surface area contributed by atoms with Crippen molar-refractivity contribution in [1.29, 1.82) is 0 Å². The van der Waals surface area contributed by atoms with Crippen molar-refractivity contribution in [1.82, 2.24) is 10.3 Å². The summed E-state index contributed by atoms with van der Waals surface area (Å²) in [5.41, 5.74) is 3.59. The molecule has 0 saturated heterocycles. The molecule has 0 aliphatic heterocycles. The molecule has 2 heterocycles. The highest BCUT2D eigenvalue weighted by atomic mass is 19.1. The van der Waals surface area contributed by atoms with Crippen LogP contribution < -0.4 is 5.32 Å². The fourth-order valence-corrected chi connectivity index (χ4v) is 3.45. The Hall–Kier alpha value is -3.38. The number of carbonyl (C=O) groups is 1. The highest BCUT2D eigenvalue weighted by Gasteiger charge is 2.16. The number of hydrogen-bond donors (Lipinski definition) is 3. The van der Waals surface area contributed by atoms with E-state index in [4.69, 9.17) is 4.42 Å². The first-order chi connectivity index (χ1) is 14.1. The number of aromatic amines is 1. The van der Waals surface area contributed by atoms with Gasteiger partial charge < -0.3 is 19.8 Å². The first-order valence-corrected chi connectivity index (χ1v) is 9.45. The average Bonchev–Trinajstić information content (AvgIpc) is 3.39. The third kappa shape index (κ3) is 4.22. The lowest BCUT2D eigenvalue weighted by Gasteiger charge is -2.10. The zero-order valence-corrected chi connectivity index (χ0v) is 15.7. The van der Waals surface area contributed by atoms with E-state index in [-0.39, 0.29) is 24.7 Å². The minimum atomic E-state index is -0.893. The van der Waals surface area contributed by atoms with E-state index in [2.05, 4.69) is 10.3 Å². The Labute approximate surface area is 167 Å². The maximum absolute atomic E-state index is 13.8. The standard InChI is InChI=1S/C23H21FN2O3/c24-16-8-10-19-18(13-16)17(23(26-19)15-5-2-1-3-6-15)9-11-22(28)25-14-20(27)21-7-4-12-29-21/h1-8,10,12-13,20,26-27H,9,11,14H2,(H,25,28). The van der Waals surface area contributed by atoms with Crippen molar-refractivity contribution in [3.63, 3.8) is 0 Å². The van der Waals surface area contributed by atoms with Crippen LogP contribution >= 0.6 is 0 Å². The quantitative estimate of drug-likeness (QED) is 0.438. The topological polar surface area (TPSA) is 78.3 Å². The van der Waals surface area contributed by atoms with E-state index in [1.807, 2.05) is 30.3 Å². The summed E-state index contributed by atoms with van der Waals surface area (Å²) in [6.45, 7) is 0.0698. The first-order valence-electron chi connectivity index (χ1n) is 9.45. The molecule has 2 aromatic carbocycles. The third-order valence-electron chi connectivity index (χ3n) is 4.90. The Morgan fingerprint density at radius 1 is 1.14 bits per heavy atom. The number of aryl methyl sites for hydroxylation is 1. The highest BCUT2D eigenvalue weighted by Crippen LogP contribution is 2.31. The average molecular weight is 392 g/mol. The smallest absolute Gasteiger partial charge is 0.220 e.